The Morgan fingerprint density at radius 3 is 2.79 bits per heavy atom. The molecule has 1 aromatic carbocycles. The summed E-state index contributed by atoms with van der Waals surface area (Å²) in [5, 5.41) is 14.1. The lowest BCUT2D eigenvalue weighted by atomic mass is 10.0. The largest absolute Gasteiger partial charge is 0.361 e. The summed E-state index contributed by atoms with van der Waals surface area (Å²) in [6, 6.07) is 10.2. The van der Waals surface area contributed by atoms with Crippen LogP contribution in [0.2, 0.25) is 0 Å². The lowest BCUT2D eigenvalue weighted by Crippen LogP contribution is -1.88. The molecule has 19 heavy (non-hydrogen) atoms. The normalized spacial score (nSPS) is 10.8. The molecule has 0 aliphatic heterocycles. The SMILES string of the molecule is Cc1noc(C)c1-c1[nH]c2ccccc2c1CC#N. The number of hydrogen-bond acceptors (Lipinski definition) is 3. The predicted octanol–water partition coefficient (Wildman–Crippen LogP) is 3.51. The number of H-pyrrole nitrogens is 1. The first-order valence-corrected chi connectivity index (χ1v) is 6.12. The van der Waals surface area contributed by atoms with Gasteiger partial charge in [0.2, 0.25) is 0 Å². The van der Waals surface area contributed by atoms with Gasteiger partial charge in [-0.15, -0.1) is 0 Å². The lowest BCUT2D eigenvalue weighted by molar-refractivity contribution is 0.393. The number of nitrogens with zero attached hydrogens (tertiary/aromatic N) is 2. The Labute approximate surface area is 110 Å². The van der Waals surface area contributed by atoms with E-state index in [4.69, 9.17) is 9.78 Å². The number of aromatic amines is 1. The molecule has 0 amide bonds. The van der Waals surface area contributed by atoms with E-state index < -0.39 is 0 Å². The van der Waals surface area contributed by atoms with Gasteiger partial charge in [-0.25, -0.2) is 0 Å². The van der Waals surface area contributed by atoms with Crippen LogP contribution >= 0.6 is 0 Å². The van der Waals surface area contributed by atoms with Crippen molar-refractivity contribution in [3.8, 4) is 17.3 Å². The second kappa shape index (κ2) is 4.29. The fraction of sp³-hybridized carbons (Fsp3) is 0.200. The van der Waals surface area contributed by atoms with E-state index >= 15 is 0 Å². The second-order valence-electron chi connectivity index (χ2n) is 4.56. The van der Waals surface area contributed by atoms with Gasteiger partial charge in [-0.05, 0) is 25.5 Å². The first-order valence-electron chi connectivity index (χ1n) is 6.12. The van der Waals surface area contributed by atoms with Crippen LogP contribution in [0.4, 0.5) is 0 Å². The molecule has 3 rings (SSSR count). The summed E-state index contributed by atoms with van der Waals surface area (Å²) in [4.78, 5) is 3.38. The molecule has 0 fully saturated rings. The maximum absolute atomic E-state index is 9.06. The number of benzene rings is 1. The predicted molar refractivity (Wildman–Crippen MR) is 72.6 cm³/mol. The molecule has 0 saturated heterocycles. The third-order valence-electron chi connectivity index (χ3n) is 3.35. The second-order valence-corrected chi connectivity index (χ2v) is 4.56. The van der Waals surface area contributed by atoms with Crippen LogP contribution in [0.3, 0.4) is 0 Å². The van der Waals surface area contributed by atoms with E-state index in [-0.39, 0.29) is 0 Å². The highest BCUT2D eigenvalue weighted by Crippen LogP contribution is 2.34. The van der Waals surface area contributed by atoms with Gasteiger partial charge in [0.1, 0.15) is 5.76 Å². The van der Waals surface area contributed by atoms with Crippen LogP contribution in [-0.4, -0.2) is 10.1 Å². The van der Waals surface area contributed by atoms with Crippen LogP contribution in [0.15, 0.2) is 28.8 Å². The molecule has 0 spiro atoms. The van der Waals surface area contributed by atoms with E-state index in [1.807, 2.05) is 38.1 Å². The van der Waals surface area contributed by atoms with Gasteiger partial charge in [0.15, 0.2) is 0 Å². The van der Waals surface area contributed by atoms with Gasteiger partial charge in [-0.1, -0.05) is 23.4 Å². The van der Waals surface area contributed by atoms with Crippen LogP contribution in [0.1, 0.15) is 17.0 Å². The smallest absolute Gasteiger partial charge is 0.143 e. The number of rotatable bonds is 2. The zero-order chi connectivity index (χ0) is 13.4. The minimum atomic E-state index is 0.364. The maximum atomic E-state index is 9.06. The molecule has 0 bridgehead atoms. The van der Waals surface area contributed by atoms with Gasteiger partial charge in [0.05, 0.1) is 29.4 Å². The van der Waals surface area contributed by atoms with Crippen molar-refractivity contribution in [2.75, 3.05) is 0 Å². The van der Waals surface area contributed by atoms with Crippen molar-refractivity contribution in [2.45, 2.75) is 20.3 Å². The molecule has 0 unspecified atom stereocenters. The van der Waals surface area contributed by atoms with Gasteiger partial charge < -0.3 is 9.51 Å². The maximum Gasteiger partial charge on any atom is 0.143 e. The van der Waals surface area contributed by atoms with Gasteiger partial charge >= 0.3 is 0 Å². The van der Waals surface area contributed by atoms with Crippen molar-refractivity contribution >= 4 is 10.9 Å². The van der Waals surface area contributed by atoms with Gasteiger partial charge in [0, 0.05) is 10.9 Å². The average molecular weight is 251 g/mol. The summed E-state index contributed by atoms with van der Waals surface area (Å²) in [5.41, 5.74) is 4.78. The van der Waals surface area contributed by atoms with Crippen molar-refractivity contribution in [1.29, 1.82) is 5.26 Å². The highest BCUT2D eigenvalue weighted by atomic mass is 16.5. The molecular formula is C15H13N3O. The van der Waals surface area contributed by atoms with E-state index in [1.165, 1.54) is 0 Å². The molecule has 0 aliphatic rings. The molecule has 94 valence electrons. The summed E-state index contributed by atoms with van der Waals surface area (Å²) in [5.74, 6) is 0.767. The fourth-order valence-corrected chi connectivity index (χ4v) is 2.52. The topological polar surface area (TPSA) is 65.6 Å². The van der Waals surface area contributed by atoms with Crippen molar-refractivity contribution < 1.29 is 4.52 Å². The van der Waals surface area contributed by atoms with Crippen LogP contribution in [-0.2, 0) is 6.42 Å². The Hall–Kier alpha value is -2.54. The fourth-order valence-electron chi connectivity index (χ4n) is 2.52. The first kappa shape index (κ1) is 11.5. The molecule has 1 N–H and O–H groups in total. The molecule has 0 aliphatic carbocycles. The molecule has 2 heterocycles. The molecule has 0 atom stereocenters. The molecule has 4 nitrogen and oxygen atoms in total. The van der Waals surface area contributed by atoms with Gasteiger partial charge in [-0.2, -0.15) is 5.26 Å². The number of hydrogen-bond donors (Lipinski definition) is 1. The van der Waals surface area contributed by atoms with Crippen LogP contribution in [0.25, 0.3) is 22.2 Å². The minimum absolute atomic E-state index is 0.364. The van der Waals surface area contributed by atoms with Crippen molar-refractivity contribution in [2.24, 2.45) is 0 Å². The highest BCUT2D eigenvalue weighted by Gasteiger charge is 2.19. The van der Waals surface area contributed by atoms with Crippen molar-refractivity contribution in [1.82, 2.24) is 10.1 Å². The van der Waals surface area contributed by atoms with E-state index in [1.54, 1.807) is 0 Å². The number of para-hydroxylation sites is 1. The molecule has 4 heteroatoms. The average Bonchev–Trinajstić information content (AvgIpc) is 2.92. The lowest BCUT2D eigenvalue weighted by Gasteiger charge is -2.00. The van der Waals surface area contributed by atoms with Gasteiger partial charge in [0.25, 0.3) is 0 Å². The van der Waals surface area contributed by atoms with E-state index in [9.17, 15) is 0 Å². The summed E-state index contributed by atoms with van der Waals surface area (Å²) < 4.78 is 5.23. The first-order chi connectivity index (χ1) is 9.22. The van der Waals surface area contributed by atoms with Crippen molar-refractivity contribution in [3.05, 3.63) is 41.3 Å². The molecule has 2 aromatic heterocycles. The molecule has 3 aromatic rings. The molecule has 0 radical (unpaired) electrons. The Morgan fingerprint density at radius 1 is 1.32 bits per heavy atom. The number of aryl methyl sites for hydroxylation is 2. The summed E-state index contributed by atoms with van der Waals surface area (Å²) in [7, 11) is 0. The number of aromatic nitrogens is 2. The zero-order valence-corrected chi connectivity index (χ0v) is 10.8. The Bertz CT molecular complexity index is 770. The summed E-state index contributed by atoms with van der Waals surface area (Å²) in [6.07, 6.45) is 0.364. The monoisotopic (exact) mass is 251 g/mol. The van der Waals surface area contributed by atoms with E-state index in [2.05, 4.69) is 16.2 Å². The number of fused-ring (bicyclic) bond motifs is 1. The number of nitriles is 1. The standard InChI is InChI=1S/C15H13N3O/c1-9-14(10(2)19-18-9)15-12(7-8-16)11-5-3-4-6-13(11)17-15/h3-6,17H,7H2,1-2H3. The molecular weight excluding hydrogens is 238 g/mol. The zero-order valence-electron chi connectivity index (χ0n) is 10.8. The van der Waals surface area contributed by atoms with Gasteiger partial charge in [-0.3, -0.25) is 0 Å². The third-order valence-corrected chi connectivity index (χ3v) is 3.35. The highest BCUT2D eigenvalue weighted by molar-refractivity contribution is 5.91. The Kier molecular flexibility index (Phi) is 2.60. The van der Waals surface area contributed by atoms with Crippen molar-refractivity contribution in [3.63, 3.8) is 0 Å². The van der Waals surface area contributed by atoms with Crippen LogP contribution in [0, 0.1) is 25.2 Å². The third kappa shape index (κ3) is 1.71. The van der Waals surface area contributed by atoms with E-state index in [0.717, 1.165) is 39.2 Å². The summed E-state index contributed by atoms with van der Waals surface area (Å²) >= 11 is 0. The minimum Gasteiger partial charge on any atom is -0.361 e. The van der Waals surface area contributed by atoms with Crippen LogP contribution in [0.5, 0.6) is 0 Å². The Morgan fingerprint density at radius 2 is 2.11 bits per heavy atom. The quantitative estimate of drug-likeness (QED) is 0.758. The van der Waals surface area contributed by atoms with Crippen LogP contribution < -0.4 is 0 Å². The Balaban J connectivity index is 2.35. The molecule has 0 saturated carbocycles. The number of nitrogens with one attached hydrogen (secondary N) is 1. The summed E-state index contributed by atoms with van der Waals surface area (Å²) in [6.45, 7) is 3.80. The van der Waals surface area contributed by atoms with E-state index in [0.29, 0.717) is 6.42 Å².